The number of ether oxygens (including phenoxy) is 1. The lowest BCUT2D eigenvalue weighted by Gasteiger charge is -2.34. The molecule has 1 saturated carbocycles. The van der Waals surface area contributed by atoms with Crippen LogP contribution < -0.4 is 14.4 Å². The summed E-state index contributed by atoms with van der Waals surface area (Å²) in [5.74, 6) is -0.569. The second-order valence-electron chi connectivity index (χ2n) is 10.9. The van der Waals surface area contributed by atoms with Gasteiger partial charge in [-0.05, 0) is 69.5 Å². The van der Waals surface area contributed by atoms with Gasteiger partial charge >= 0.3 is 0 Å². The Kier molecular flexibility index (Phi) is 11.6. The Morgan fingerprint density at radius 1 is 0.955 bits per heavy atom. The highest BCUT2D eigenvalue weighted by molar-refractivity contribution is 7.92. The minimum Gasteiger partial charge on any atom is -0.492 e. The molecule has 1 fully saturated rings. The van der Waals surface area contributed by atoms with E-state index in [1.165, 1.54) is 17.0 Å². The number of amides is 2. The molecular formula is C33H39Cl2N3O5S. The Bertz CT molecular complexity index is 1540. The maximum absolute atomic E-state index is 14.4. The maximum Gasteiger partial charge on any atom is 0.264 e. The van der Waals surface area contributed by atoms with Crippen LogP contribution in [0.3, 0.4) is 0 Å². The van der Waals surface area contributed by atoms with Gasteiger partial charge in [-0.1, -0.05) is 78.9 Å². The lowest BCUT2D eigenvalue weighted by Crippen LogP contribution is -2.53. The molecule has 0 heterocycles. The SMILES string of the molecule is CCOc1ccccc1N(CC(=O)N(Cc1c(Cl)cccc1Cl)C(CC)C(=O)NC1CCCC1)S(=O)(=O)c1ccc(C)cc1. The number of carbonyl (C=O) groups excluding carboxylic acids is 2. The van der Waals surface area contributed by atoms with Crippen LogP contribution in [0, 0.1) is 6.92 Å². The lowest BCUT2D eigenvalue weighted by molar-refractivity contribution is -0.140. The van der Waals surface area contributed by atoms with E-state index in [4.69, 9.17) is 27.9 Å². The molecular weight excluding hydrogens is 621 g/mol. The molecule has 1 N–H and O–H groups in total. The normalized spacial score (nSPS) is 14.2. The summed E-state index contributed by atoms with van der Waals surface area (Å²) < 4.78 is 35.3. The molecule has 0 saturated heterocycles. The van der Waals surface area contributed by atoms with Gasteiger partial charge < -0.3 is 15.0 Å². The van der Waals surface area contributed by atoms with E-state index in [2.05, 4.69) is 5.32 Å². The number of para-hydroxylation sites is 2. The van der Waals surface area contributed by atoms with Crippen LogP contribution in [0.2, 0.25) is 10.0 Å². The number of aryl methyl sites for hydroxylation is 1. The first-order valence-electron chi connectivity index (χ1n) is 14.9. The van der Waals surface area contributed by atoms with Gasteiger partial charge in [-0.25, -0.2) is 8.42 Å². The first kappa shape index (κ1) is 33.6. The van der Waals surface area contributed by atoms with Crippen molar-refractivity contribution < 1.29 is 22.7 Å². The van der Waals surface area contributed by atoms with Crippen molar-refractivity contribution >= 4 is 50.7 Å². The number of anilines is 1. The summed E-state index contributed by atoms with van der Waals surface area (Å²) in [5, 5.41) is 3.78. The molecule has 1 unspecified atom stereocenters. The molecule has 236 valence electrons. The third-order valence-electron chi connectivity index (χ3n) is 7.80. The highest BCUT2D eigenvalue weighted by Gasteiger charge is 2.36. The number of carbonyl (C=O) groups is 2. The quantitative estimate of drug-likeness (QED) is 0.219. The van der Waals surface area contributed by atoms with Crippen LogP contribution in [0.25, 0.3) is 0 Å². The van der Waals surface area contributed by atoms with Crippen molar-refractivity contribution in [3.05, 3.63) is 87.9 Å². The summed E-state index contributed by atoms with van der Waals surface area (Å²) in [7, 11) is -4.25. The maximum atomic E-state index is 14.4. The molecule has 3 aromatic rings. The number of nitrogens with one attached hydrogen (secondary N) is 1. The summed E-state index contributed by atoms with van der Waals surface area (Å²) in [6.07, 6.45) is 4.12. The zero-order valence-corrected chi connectivity index (χ0v) is 27.6. The third-order valence-corrected chi connectivity index (χ3v) is 10.3. The van der Waals surface area contributed by atoms with Crippen LogP contribution in [-0.4, -0.2) is 50.4 Å². The van der Waals surface area contributed by atoms with Gasteiger partial charge in [-0.15, -0.1) is 0 Å². The summed E-state index contributed by atoms with van der Waals surface area (Å²) in [5.41, 5.74) is 1.57. The Balaban J connectivity index is 1.78. The van der Waals surface area contributed by atoms with Gasteiger partial charge in [0.05, 0.1) is 17.2 Å². The molecule has 0 spiro atoms. The van der Waals surface area contributed by atoms with Crippen LogP contribution in [-0.2, 0) is 26.2 Å². The van der Waals surface area contributed by atoms with E-state index in [9.17, 15) is 18.0 Å². The Hall–Kier alpha value is -3.27. The standard InChI is InChI=1S/C33H39Cl2N3O5S/c1-4-29(33(40)36-24-11-6-7-12-24)37(21-26-27(34)13-10-14-28(26)35)32(39)22-38(30-15-8-9-16-31(30)43-5-2)44(41,42)25-19-17-23(3)18-20-25/h8-10,13-20,24,29H,4-7,11-12,21-22H2,1-3H3,(H,36,40). The van der Waals surface area contributed by atoms with Crippen molar-refractivity contribution in [1.82, 2.24) is 10.2 Å². The monoisotopic (exact) mass is 659 g/mol. The topological polar surface area (TPSA) is 96.0 Å². The number of hydrogen-bond acceptors (Lipinski definition) is 5. The summed E-state index contributed by atoms with van der Waals surface area (Å²) in [6.45, 7) is 5.10. The van der Waals surface area contributed by atoms with E-state index in [1.54, 1.807) is 61.5 Å². The minimum atomic E-state index is -4.25. The van der Waals surface area contributed by atoms with Crippen molar-refractivity contribution in [2.24, 2.45) is 0 Å². The number of benzene rings is 3. The summed E-state index contributed by atoms with van der Waals surface area (Å²) in [6, 6.07) is 17.3. The van der Waals surface area contributed by atoms with Gasteiger partial charge in [-0.2, -0.15) is 0 Å². The summed E-state index contributed by atoms with van der Waals surface area (Å²) in [4.78, 5) is 29.5. The molecule has 0 bridgehead atoms. The van der Waals surface area contributed by atoms with E-state index in [0.717, 1.165) is 35.6 Å². The van der Waals surface area contributed by atoms with Gasteiger partial charge in [0, 0.05) is 28.2 Å². The smallest absolute Gasteiger partial charge is 0.264 e. The molecule has 44 heavy (non-hydrogen) atoms. The van der Waals surface area contributed by atoms with E-state index in [0.29, 0.717) is 34.4 Å². The Morgan fingerprint density at radius 2 is 1.59 bits per heavy atom. The largest absolute Gasteiger partial charge is 0.492 e. The van der Waals surface area contributed by atoms with Crippen molar-refractivity contribution in [1.29, 1.82) is 0 Å². The minimum absolute atomic E-state index is 0.0221. The van der Waals surface area contributed by atoms with Crippen LogP contribution in [0.15, 0.2) is 71.6 Å². The van der Waals surface area contributed by atoms with Crippen LogP contribution >= 0.6 is 23.2 Å². The van der Waals surface area contributed by atoms with E-state index < -0.39 is 28.5 Å². The number of rotatable bonds is 13. The Morgan fingerprint density at radius 3 is 2.20 bits per heavy atom. The van der Waals surface area contributed by atoms with Crippen LogP contribution in [0.4, 0.5) is 5.69 Å². The second kappa shape index (κ2) is 15.1. The van der Waals surface area contributed by atoms with Gasteiger partial charge in [0.1, 0.15) is 18.3 Å². The number of hydrogen-bond donors (Lipinski definition) is 1. The molecule has 0 radical (unpaired) electrons. The van der Waals surface area contributed by atoms with E-state index in [1.807, 2.05) is 13.8 Å². The average Bonchev–Trinajstić information content (AvgIpc) is 3.51. The van der Waals surface area contributed by atoms with E-state index in [-0.39, 0.29) is 29.1 Å². The molecule has 3 aromatic carbocycles. The number of sulfonamides is 1. The number of halogens is 2. The predicted octanol–water partition coefficient (Wildman–Crippen LogP) is 6.76. The van der Waals surface area contributed by atoms with Gasteiger partial charge in [-0.3, -0.25) is 13.9 Å². The molecule has 0 aromatic heterocycles. The number of nitrogens with zero attached hydrogens (tertiary/aromatic N) is 2. The summed E-state index contributed by atoms with van der Waals surface area (Å²) >= 11 is 13.0. The molecule has 4 rings (SSSR count). The molecule has 1 aliphatic carbocycles. The zero-order valence-electron chi connectivity index (χ0n) is 25.3. The molecule has 2 amide bonds. The molecule has 11 heteroatoms. The van der Waals surface area contributed by atoms with Crippen LogP contribution in [0.1, 0.15) is 57.1 Å². The Labute approximate surface area is 270 Å². The van der Waals surface area contributed by atoms with Crippen molar-refractivity contribution in [2.75, 3.05) is 17.5 Å². The molecule has 8 nitrogen and oxygen atoms in total. The third kappa shape index (κ3) is 7.86. The fourth-order valence-corrected chi connectivity index (χ4v) is 7.37. The van der Waals surface area contributed by atoms with Gasteiger partial charge in [0.25, 0.3) is 10.0 Å². The lowest BCUT2D eigenvalue weighted by atomic mass is 10.1. The second-order valence-corrected chi connectivity index (χ2v) is 13.5. The first-order chi connectivity index (χ1) is 21.1. The highest BCUT2D eigenvalue weighted by Crippen LogP contribution is 2.34. The van der Waals surface area contributed by atoms with Crippen LogP contribution in [0.5, 0.6) is 5.75 Å². The van der Waals surface area contributed by atoms with Gasteiger partial charge in [0.15, 0.2) is 0 Å². The first-order valence-corrected chi connectivity index (χ1v) is 17.1. The van der Waals surface area contributed by atoms with Crippen molar-refractivity contribution in [3.8, 4) is 5.75 Å². The predicted molar refractivity (Wildman–Crippen MR) is 175 cm³/mol. The average molecular weight is 661 g/mol. The molecule has 1 aliphatic rings. The fourth-order valence-electron chi connectivity index (χ4n) is 5.43. The van der Waals surface area contributed by atoms with E-state index >= 15 is 0 Å². The van der Waals surface area contributed by atoms with Crippen molar-refractivity contribution in [2.45, 2.75) is 76.4 Å². The molecule has 1 atom stereocenters. The zero-order chi connectivity index (χ0) is 31.9. The highest BCUT2D eigenvalue weighted by atomic mass is 35.5. The van der Waals surface area contributed by atoms with Gasteiger partial charge in [0.2, 0.25) is 11.8 Å². The fraction of sp³-hybridized carbons (Fsp3) is 0.394. The van der Waals surface area contributed by atoms with Crippen molar-refractivity contribution in [3.63, 3.8) is 0 Å². The molecule has 0 aliphatic heterocycles.